The maximum Gasteiger partial charge on any atom is 0.189 e. The van der Waals surface area contributed by atoms with Gasteiger partial charge in [-0.15, -0.1) is 24.0 Å². The van der Waals surface area contributed by atoms with Crippen molar-refractivity contribution in [1.29, 1.82) is 0 Å². The number of hydrogen-bond donors (Lipinski definition) is 3. The zero-order valence-corrected chi connectivity index (χ0v) is 20.7. The highest BCUT2D eigenvalue weighted by molar-refractivity contribution is 14.0. The second-order valence-corrected chi connectivity index (χ2v) is 7.30. The number of guanidine groups is 1. The van der Waals surface area contributed by atoms with Gasteiger partial charge in [0.15, 0.2) is 17.5 Å². The summed E-state index contributed by atoms with van der Waals surface area (Å²) < 4.78 is 10.6. The topological polar surface area (TPSA) is 89.1 Å². The van der Waals surface area contributed by atoms with E-state index in [4.69, 9.17) is 15.2 Å². The lowest BCUT2D eigenvalue weighted by Gasteiger charge is -2.29. The molecule has 0 spiro atoms. The summed E-state index contributed by atoms with van der Waals surface area (Å²) >= 11 is 0. The van der Waals surface area contributed by atoms with E-state index < -0.39 is 5.60 Å². The first-order valence-electron chi connectivity index (χ1n) is 10.1. The summed E-state index contributed by atoms with van der Waals surface area (Å²) in [5.41, 5.74) is 7.76. The first-order valence-corrected chi connectivity index (χ1v) is 10.1. The summed E-state index contributed by atoms with van der Waals surface area (Å²) in [6.45, 7) is 0.606. The first kappa shape index (κ1) is 25.5. The van der Waals surface area contributed by atoms with E-state index in [9.17, 15) is 5.11 Å². The van der Waals surface area contributed by atoms with E-state index in [1.165, 1.54) is 0 Å². The quantitative estimate of drug-likeness (QED) is 0.215. The van der Waals surface area contributed by atoms with Gasteiger partial charge in [0, 0.05) is 6.42 Å². The van der Waals surface area contributed by atoms with Gasteiger partial charge in [-0.2, -0.15) is 0 Å². The van der Waals surface area contributed by atoms with Crippen LogP contribution in [0.2, 0.25) is 0 Å². The number of benzene rings is 3. The van der Waals surface area contributed by atoms with Crippen LogP contribution in [0.25, 0.3) is 0 Å². The summed E-state index contributed by atoms with van der Waals surface area (Å²) in [6.07, 6.45) is 0.452. The Morgan fingerprint density at radius 3 is 2.16 bits per heavy atom. The molecule has 3 aromatic carbocycles. The molecule has 0 saturated heterocycles. The van der Waals surface area contributed by atoms with Gasteiger partial charge in [0.25, 0.3) is 0 Å². The van der Waals surface area contributed by atoms with Gasteiger partial charge in [0.05, 0.1) is 27.3 Å². The van der Waals surface area contributed by atoms with E-state index in [-0.39, 0.29) is 36.5 Å². The molecule has 6 nitrogen and oxygen atoms in total. The molecule has 3 rings (SSSR count). The van der Waals surface area contributed by atoms with Gasteiger partial charge in [-0.3, -0.25) is 0 Å². The predicted molar refractivity (Wildman–Crippen MR) is 139 cm³/mol. The Hall–Kier alpha value is -2.78. The molecule has 1 atom stereocenters. The maximum atomic E-state index is 11.5. The molecule has 4 N–H and O–H groups in total. The van der Waals surface area contributed by atoms with Gasteiger partial charge in [0.1, 0.15) is 5.60 Å². The summed E-state index contributed by atoms with van der Waals surface area (Å²) in [7, 11) is 3.19. The van der Waals surface area contributed by atoms with Gasteiger partial charge >= 0.3 is 0 Å². The van der Waals surface area contributed by atoms with Crippen molar-refractivity contribution in [1.82, 2.24) is 5.32 Å². The third-order valence-electron chi connectivity index (χ3n) is 5.09. The number of rotatable bonds is 9. The molecule has 0 aliphatic heterocycles. The minimum Gasteiger partial charge on any atom is -0.493 e. The van der Waals surface area contributed by atoms with Crippen molar-refractivity contribution in [3.63, 3.8) is 0 Å². The van der Waals surface area contributed by atoms with Crippen LogP contribution in [0, 0.1) is 0 Å². The fourth-order valence-corrected chi connectivity index (χ4v) is 3.40. The van der Waals surface area contributed by atoms with Crippen LogP contribution < -0.4 is 20.5 Å². The molecular formula is C25H30IN3O3. The number of hydrogen-bond acceptors (Lipinski definition) is 4. The van der Waals surface area contributed by atoms with Gasteiger partial charge in [-0.05, 0) is 28.8 Å². The molecule has 0 amide bonds. The average molecular weight is 547 g/mol. The molecule has 0 fully saturated rings. The number of aliphatic imine (C=N–C) groups is 1. The highest BCUT2D eigenvalue weighted by atomic mass is 127. The first-order chi connectivity index (χ1) is 15.0. The SMILES string of the molecule is COc1ccc(CN=C(N)NCC(O)(Cc2ccccc2)c2ccccc2)cc1OC.I. The Labute approximate surface area is 206 Å². The van der Waals surface area contributed by atoms with Crippen molar-refractivity contribution >= 4 is 29.9 Å². The number of nitrogens with two attached hydrogens (primary N) is 1. The van der Waals surface area contributed by atoms with Crippen LogP contribution in [-0.4, -0.2) is 31.8 Å². The van der Waals surface area contributed by atoms with Crippen molar-refractivity contribution in [2.75, 3.05) is 20.8 Å². The van der Waals surface area contributed by atoms with E-state index in [0.717, 1.165) is 16.7 Å². The standard InChI is InChI=1S/C25H29N3O3.HI/c1-30-22-14-13-20(15-23(22)31-2)17-27-24(26)28-18-25(29,21-11-7-4-8-12-21)16-19-9-5-3-6-10-19;/h3-15,29H,16-18H2,1-2H3,(H3,26,27,28);1H. The van der Waals surface area contributed by atoms with Crippen LogP contribution in [-0.2, 0) is 18.6 Å². The van der Waals surface area contributed by atoms with Crippen molar-refractivity contribution in [3.8, 4) is 11.5 Å². The second-order valence-electron chi connectivity index (χ2n) is 7.30. The smallest absolute Gasteiger partial charge is 0.189 e. The number of nitrogens with one attached hydrogen (secondary N) is 1. The highest BCUT2D eigenvalue weighted by Crippen LogP contribution is 2.28. The van der Waals surface area contributed by atoms with Crippen LogP contribution >= 0.6 is 24.0 Å². The number of aliphatic hydroxyl groups is 1. The number of ether oxygens (including phenoxy) is 2. The summed E-state index contributed by atoms with van der Waals surface area (Å²) in [5.74, 6) is 1.57. The van der Waals surface area contributed by atoms with Crippen LogP contribution in [0.5, 0.6) is 11.5 Å². The summed E-state index contributed by atoms with van der Waals surface area (Å²) in [6, 6.07) is 25.1. The third kappa shape index (κ3) is 6.86. The lowest BCUT2D eigenvalue weighted by atomic mass is 9.87. The Balaban J connectivity index is 0.00000363. The molecule has 0 radical (unpaired) electrons. The minimum atomic E-state index is -1.13. The van der Waals surface area contributed by atoms with E-state index in [0.29, 0.717) is 24.5 Å². The van der Waals surface area contributed by atoms with Crippen molar-refractivity contribution in [3.05, 3.63) is 95.6 Å². The molecule has 32 heavy (non-hydrogen) atoms. The molecule has 170 valence electrons. The Kier molecular flexibility index (Phi) is 9.80. The zero-order valence-electron chi connectivity index (χ0n) is 18.3. The fourth-order valence-electron chi connectivity index (χ4n) is 3.40. The van der Waals surface area contributed by atoms with Gasteiger partial charge in [-0.1, -0.05) is 66.7 Å². The number of methoxy groups -OCH3 is 2. The molecule has 0 aromatic heterocycles. The summed E-state index contributed by atoms with van der Waals surface area (Å²) in [5, 5.41) is 14.6. The Morgan fingerprint density at radius 2 is 1.53 bits per heavy atom. The van der Waals surface area contributed by atoms with E-state index in [1.807, 2.05) is 78.9 Å². The van der Waals surface area contributed by atoms with Gasteiger partial charge < -0.3 is 25.6 Å². The van der Waals surface area contributed by atoms with Crippen LogP contribution in [0.15, 0.2) is 83.9 Å². The summed E-state index contributed by atoms with van der Waals surface area (Å²) in [4.78, 5) is 4.40. The van der Waals surface area contributed by atoms with Crippen molar-refractivity contribution < 1.29 is 14.6 Å². The molecule has 0 heterocycles. The van der Waals surface area contributed by atoms with Crippen LogP contribution in [0.4, 0.5) is 0 Å². The molecule has 7 heteroatoms. The minimum absolute atomic E-state index is 0. The molecule has 1 unspecified atom stereocenters. The average Bonchev–Trinajstić information content (AvgIpc) is 2.82. The number of nitrogens with zero attached hydrogens (tertiary/aromatic N) is 1. The molecule has 3 aromatic rings. The lowest BCUT2D eigenvalue weighted by molar-refractivity contribution is 0.0415. The molecule has 0 saturated carbocycles. The van der Waals surface area contributed by atoms with Crippen molar-refractivity contribution in [2.45, 2.75) is 18.6 Å². The number of halogens is 1. The van der Waals surface area contributed by atoms with Gasteiger partial charge in [-0.25, -0.2) is 4.99 Å². The fraction of sp³-hybridized carbons (Fsp3) is 0.240. The third-order valence-corrected chi connectivity index (χ3v) is 5.09. The lowest BCUT2D eigenvalue weighted by Crippen LogP contribution is -2.45. The molecular weight excluding hydrogens is 517 g/mol. The van der Waals surface area contributed by atoms with E-state index in [2.05, 4.69) is 10.3 Å². The van der Waals surface area contributed by atoms with Crippen LogP contribution in [0.1, 0.15) is 16.7 Å². The van der Waals surface area contributed by atoms with Crippen molar-refractivity contribution in [2.24, 2.45) is 10.7 Å². The normalized spacial score (nSPS) is 12.9. The largest absolute Gasteiger partial charge is 0.493 e. The molecule has 0 aliphatic rings. The van der Waals surface area contributed by atoms with E-state index >= 15 is 0 Å². The Morgan fingerprint density at radius 1 is 0.906 bits per heavy atom. The van der Waals surface area contributed by atoms with E-state index in [1.54, 1.807) is 14.2 Å². The second kappa shape index (κ2) is 12.3. The zero-order chi connectivity index (χ0) is 22.1. The van der Waals surface area contributed by atoms with Gasteiger partial charge in [0.2, 0.25) is 0 Å². The molecule has 0 bridgehead atoms. The molecule has 0 aliphatic carbocycles. The predicted octanol–water partition coefficient (Wildman–Crippen LogP) is 3.86. The highest BCUT2D eigenvalue weighted by Gasteiger charge is 2.29. The maximum absolute atomic E-state index is 11.5. The van der Waals surface area contributed by atoms with Crippen LogP contribution in [0.3, 0.4) is 0 Å². The monoisotopic (exact) mass is 547 g/mol. The Bertz CT molecular complexity index is 1000.